The van der Waals surface area contributed by atoms with E-state index in [0.717, 1.165) is 11.1 Å². The fourth-order valence-electron chi connectivity index (χ4n) is 3.39. The number of hydrogen-bond acceptors (Lipinski definition) is 4. The van der Waals surface area contributed by atoms with Gasteiger partial charge in [-0.15, -0.1) is 0 Å². The molecule has 0 bridgehead atoms. The number of benzene rings is 2. The third-order valence-corrected chi connectivity index (χ3v) is 5.79. The van der Waals surface area contributed by atoms with E-state index in [9.17, 15) is 18.4 Å². The topological polar surface area (TPSA) is 92.8 Å². The standard InChI is InChI=1S/C21H25N3O4S/c1-14-4-8-18(9-5-14)24(29(27)28)19-11-17(7-6-15(19)2)21(26)22-12-16-10-20(25)23(3)13-16/h4-9,11,16H,10,12-13H2,1-3H3,(H,22,26)(H,27,28)/p-1. The van der Waals surface area contributed by atoms with Gasteiger partial charge >= 0.3 is 0 Å². The van der Waals surface area contributed by atoms with E-state index in [1.54, 1.807) is 49.2 Å². The van der Waals surface area contributed by atoms with Crippen LogP contribution in [-0.2, 0) is 16.1 Å². The van der Waals surface area contributed by atoms with Crippen molar-refractivity contribution in [2.75, 3.05) is 24.4 Å². The van der Waals surface area contributed by atoms with Crippen LogP contribution in [-0.4, -0.2) is 45.6 Å². The third-order valence-electron chi connectivity index (χ3n) is 5.08. The normalized spacial score (nSPS) is 17.3. The Bertz CT molecular complexity index is 945. The highest BCUT2D eigenvalue weighted by molar-refractivity contribution is 7.81. The minimum atomic E-state index is -2.55. The van der Waals surface area contributed by atoms with E-state index in [-0.39, 0.29) is 17.7 Å². The van der Waals surface area contributed by atoms with Gasteiger partial charge in [-0.1, -0.05) is 23.8 Å². The first kappa shape index (κ1) is 21.0. The summed E-state index contributed by atoms with van der Waals surface area (Å²) in [6.45, 7) is 4.74. The predicted octanol–water partition coefficient (Wildman–Crippen LogP) is 2.44. The van der Waals surface area contributed by atoms with Gasteiger partial charge in [-0.05, 0) is 43.7 Å². The maximum atomic E-state index is 12.6. The Labute approximate surface area is 173 Å². The van der Waals surface area contributed by atoms with E-state index in [1.807, 2.05) is 19.1 Å². The molecule has 1 aliphatic rings. The van der Waals surface area contributed by atoms with Crippen molar-refractivity contribution >= 4 is 34.5 Å². The summed E-state index contributed by atoms with van der Waals surface area (Å²) in [5.74, 6) is -0.137. The lowest BCUT2D eigenvalue weighted by Gasteiger charge is -2.28. The molecule has 29 heavy (non-hydrogen) atoms. The molecule has 1 heterocycles. The molecule has 0 spiro atoms. The van der Waals surface area contributed by atoms with E-state index in [1.165, 1.54) is 4.31 Å². The van der Waals surface area contributed by atoms with Gasteiger partial charge in [0.15, 0.2) is 0 Å². The number of hydrogen-bond donors (Lipinski definition) is 1. The summed E-state index contributed by atoms with van der Waals surface area (Å²) in [5.41, 5.74) is 3.04. The molecule has 1 aliphatic heterocycles. The number of amides is 2. The molecule has 2 unspecified atom stereocenters. The van der Waals surface area contributed by atoms with Crippen LogP contribution in [0, 0.1) is 19.8 Å². The van der Waals surface area contributed by atoms with Crippen LogP contribution in [0.5, 0.6) is 0 Å². The van der Waals surface area contributed by atoms with Gasteiger partial charge in [0, 0.05) is 38.0 Å². The Kier molecular flexibility index (Phi) is 6.34. The first-order chi connectivity index (χ1) is 13.8. The number of anilines is 2. The second kappa shape index (κ2) is 8.75. The van der Waals surface area contributed by atoms with Crippen molar-refractivity contribution < 1.29 is 18.4 Å². The molecule has 0 aliphatic carbocycles. The largest absolute Gasteiger partial charge is 0.755 e. The highest BCUT2D eigenvalue weighted by Crippen LogP contribution is 2.31. The third kappa shape index (κ3) is 4.83. The molecule has 8 heteroatoms. The minimum absolute atomic E-state index is 0.0773. The van der Waals surface area contributed by atoms with Crippen LogP contribution in [0.3, 0.4) is 0 Å². The lowest BCUT2D eigenvalue weighted by Crippen LogP contribution is -2.30. The van der Waals surface area contributed by atoms with Crippen molar-refractivity contribution in [3.05, 3.63) is 59.2 Å². The first-order valence-corrected chi connectivity index (χ1v) is 10.4. The summed E-state index contributed by atoms with van der Waals surface area (Å²) in [7, 11) is 1.75. The van der Waals surface area contributed by atoms with E-state index >= 15 is 0 Å². The number of carbonyl (C=O) groups is 2. The number of carbonyl (C=O) groups excluding carboxylic acids is 2. The monoisotopic (exact) mass is 414 g/mol. The fourth-order valence-corrected chi connectivity index (χ4v) is 4.04. The molecule has 1 fully saturated rings. The summed E-state index contributed by atoms with van der Waals surface area (Å²) in [6, 6.07) is 12.1. The molecule has 154 valence electrons. The van der Waals surface area contributed by atoms with Gasteiger partial charge in [-0.25, -0.2) is 0 Å². The van der Waals surface area contributed by atoms with Gasteiger partial charge in [0.25, 0.3) is 5.91 Å². The Balaban J connectivity index is 1.81. The quantitative estimate of drug-likeness (QED) is 0.735. The van der Waals surface area contributed by atoms with Gasteiger partial charge in [-0.3, -0.25) is 18.1 Å². The lowest BCUT2D eigenvalue weighted by molar-refractivity contribution is -0.126. The lowest BCUT2D eigenvalue weighted by atomic mass is 10.1. The Morgan fingerprint density at radius 2 is 1.93 bits per heavy atom. The average molecular weight is 415 g/mol. The number of nitrogens with one attached hydrogen (secondary N) is 1. The van der Waals surface area contributed by atoms with Crippen molar-refractivity contribution in [1.29, 1.82) is 0 Å². The highest BCUT2D eigenvalue weighted by atomic mass is 32.2. The number of rotatable bonds is 6. The molecular weight excluding hydrogens is 390 g/mol. The second-order valence-electron chi connectivity index (χ2n) is 7.40. The molecule has 2 atom stereocenters. The van der Waals surface area contributed by atoms with Gasteiger partial charge < -0.3 is 14.8 Å². The van der Waals surface area contributed by atoms with Gasteiger partial charge in [0.2, 0.25) is 5.91 Å². The molecule has 0 radical (unpaired) electrons. The molecule has 1 N–H and O–H groups in total. The fraction of sp³-hybridized carbons (Fsp3) is 0.333. The molecule has 2 aromatic carbocycles. The van der Waals surface area contributed by atoms with E-state index in [2.05, 4.69) is 5.32 Å². The Morgan fingerprint density at radius 3 is 2.52 bits per heavy atom. The van der Waals surface area contributed by atoms with Crippen molar-refractivity contribution in [3.63, 3.8) is 0 Å². The first-order valence-electron chi connectivity index (χ1n) is 9.35. The summed E-state index contributed by atoms with van der Waals surface area (Å²) in [5, 5.41) is 2.85. The van der Waals surface area contributed by atoms with Crippen LogP contribution >= 0.6 is 0 Å². The number of nitrogens with zero attached hydrogens (tertiary/aromatic N) is 2. The Morgan fingerprint density at radius 1 is 1.24 bits per heavy atom. The van der Waals surface area contributed by atoms with Crippen molar-refractivity contribution in [1.82, 2.24) is 10.2 Å². The number of likely N-dealkylation sites (tertiary alicyclic amines) is 1. The SMILES string of the molecule is Cc1ccc(N(c2cc(C(=O)NCC3CC(=O)N(C)C3)ccc2C)S(=O)[O-])cc1. The molecular formula is C21H24N3O4S-. The summed E-state index contributed by atoms with van der Waals surface area (Å²) >= 11 is -2.55. The highest BCUT2D eigenvalue weighted by Gasteiger charge is 2.27. The zero-order chi connectivity index (χ0) is 21.1. The van der Waals surface area contributed by atoms with E-state index < -0.39 is 11.3 Å². The summed E-state index contributed by atoms with van der Waals surface area (Å²) in [4.78, 5) is 25.9. The molecule has 2 aromatic rings. The van der Waals surface area contributed by atoms with Gasteiger partial charge in [0.05, 0.1) is 22.6 Å². The summed E-state index contributed by atoms with van der Waals surface area (Å²) in [6.07, 6.45) is 0.423. The zero-order valence-corrected chi connectivity index (χ0v) is 17.5. The average Bonchev–Trinajstić information content (AvgIpc) is 3.00. The van der Waals surface area contributed by atoms with E-state index in [4.69, 9.17) is 0 Å². The molecule has 1 saturated heterocycles. The van der Waals surface area contributed by atoms with Crippen LogP contribution in [0.25, 0.3) is 0 Å². The van der Waals surface area contributed by atoms with Gasteiger partial charge in [-0.2, -0.15) is 0 Å². The number of aryl methyl sites for hydroxylation is 2. The summed E-state index contributed by atoms with van der Waals surface area (Å²) < 4.78 is 25.1. The van der Waals surface area contributed by atoms with Crippen LogP contribution in [0.2, 0.25) is 0 Å². The van der Waals surface area contributed by atoms with Crippen molar-refractivity contribution in [3.8, 4) is 0 Å². The maximum Gasteiger partial charge on any atom is 0.251 e. The predicted molar refractivity (Wildman–Crippen MR) is 111 cm³/mol. The molecule has 2 amide bonds. The van der Waals surface area contributed by atoms with Gasteiger partial charge in [0.1, 0.15) is 0 Å². The Hall–Kier alpha value is -2.71. The zero-order valence-electron chi connectivity index (χ0n) is 16.7. The molecule has 3 rings (SSSR count). The second-order valence-corrected chi connectivity index (χ2v) is 8.20. The van der Waals surface area contributed by atoms with E-state index in [0.29, 0.717) is 36.4 Å². The van der Waals surface area contributed by atoms with Crippen LogP contribution in [0.15, 0.2) is 42.5 Å². The molecule has 0 saturated carbocycles. The molecule has 7 nitrogen and oxygen atoms in total. The minimum Gasteiger partial charge on any atom is -0.755 e. The van der Waals surface area contributed by atoms with Crippen LogP contribution < -0.4 is 9.62 Å². The maximum absolute atomic E-state index is 12.6. The molecule has 0 aromatic heterocycles. The van der Waals surface area contributed by atoms with Crippen molar-refractivity contribution in [2.45, 2.75) is 20.3 Å². The smallest absolute Gasteiger partial charge is 0.251 e. The van der Waals surface area contributed by atoms with Crippen LogP contribution in [0.1, 0.15) is 27.9 Å². The van der Waals surface area contributed by atoms with Crippen LogP contribution in [0.4, 0.5) is 11.4 Å². The van der Waals surface area contributed by atoms with Crippen molar-refractivity contribution in [2.24, 2.45) is 5.92 Å².